The Morgan fingerprint density at radius 2 is 2.14 bits per heavy atom. The van der Waals surface area contributed by atoms with Crippen LogP contribution in [-0.4, -0.2) is 13.2 Å². The van der Waals surface area contributed by atoms with Crippen molar-refractivity contribution in [3.63, 3.8) is 0 Å². The molecule has 1 heterocycles. The van der Waals surface area contributed by atoms with Crippen molar-refractivity contribution in [1.29, 1.82) is 5.26 Å². The lowest BCUT2D eigenvalue weighted by Gasteiger charge is -2.26. The van der Waals surface area contributed by atoms with E-state index in [0.29, 0.717) is 35.5 Å². The molecule has 1 aliphatic heterocycles. The van der Waals surface area contributed by atoms with E-state index >= 15 is 0 Å². The van der Waals surface area contributed by atoms with Crippen molar-refractivity contribution in [2.75, 3.05) is 13.2 Å². The van der Waals surface area contributed by atoms with Gasteiger partial charge in [0.1, 0.15) is 11.5 Å². The number of halogens is 1. The van der Waals surface area contributed by atoms with Crippen molar-refractivity contribution in [2.45, 2.75) is 12.3 Å². The predicted octanol–water partition coefficient (Wildman–Crippen LogP) is 4.16. The Bertz CT molecular complexity index is 693. The molecule has 1 aliphatic rings. The summed E-state index contributed by atoms with van der Waals surface area (Å²) in [7, 11) is 0. The lowest BCUT2D eigenvalue weighted by atomic mass is 9.94. The summed E-state index contributed by atoms with van der Waals surface area (Å²) in [5, 5.41) is 9.30. The molecule has 0 saturated carbocycles. The summed E-state index contributed by atoms with van der Waals surface area (Å²) < 4.78 is 11.5. The third-order valence-corrected chi connectivity index (χ3v) is 3.88. The molecule has 0 radical (unpaired) electrons. The average molecular weight is 300 g/mol. The first-order valence-electron chi connectivity index (χ1n) is 6.82. The minimum Gasteiger partial charge on any atom is -0.493 e. The fourth-order valence-corrected chi connectivity index (χ4v) is 2.70. The minimum absolute atomic E-state index is 0.293. The molecule has 0 fully saturated rings. The zero-order chi connectivity index (χ0) is 14.7. The number of nitriles is 1. The summed E-state index contributed by atoms with van der Waals surface area (Å²) >= 11 is 6.13. The highest BCUT2D eigenvalue weighted by atomic mass is 35.5. The van der Waals surface area contributed by atoms with Crippen molar-refractivity contribution in [3.8, 4) is 17.6 Å². The second-order valence-electron chi connectivity index (χ2n) is 4.94. The number of para-hydroxylation sites is 1. The molecule has 0 amide bonds. The summed E-state index contributed by atoms with van der Waals surface area (Å²) in [5.74, 6) is 1.84. The second kappa shape index (κ2) is 6.07. The van der Waals surface area contributed by atoms with Gasteiger partial charge in [0.2, 0.25) is 0 Å². The molecule has 0 spiro atoms. The highest BCUT2D eigenvalue weighted by Gasteiger charge is 2.21. The Morgan fingerprint density at radius 3 is 2.95 bits per heavy atom. The van der Waals surface area contributed by atoms with Crippen LogP contribution in [-0.2, 0) is 0 Å². The molecule has 3 nitrogen and oxygen atoms in total. The van der Waals surface area contributed by atoms with Gasteiger partial charge in [0.05, 0.1) is 29.9 Å². The number of hydrogen-bond donors (Lipinski definition) is 0. The summed E-state index contributed by atoms with van der Waals surface area (Å²) in [6.45, 7) is 1.25. The van der Waals surface area contributed by atoms with E-state index in [1.807, 2.05) is 18.2 Å². The molecule has 0 saturated heterocycles. The second-order valence-corrected chi connectivity index (χ2v) is 5.35. The van der Waals surface area contributed by atoms with Gasteiger partial charge in [-0.2, -0.15) is 5.26 Å². The normalized spacial score (nSPS) is 16.5. The van der Waals surface area contributed by atoms with Gasteiger partial charge in [-0.05, 0) is 30.7 Å². The molecule has 0 aliphatic carbocycles. The van der Waals surface area contributed by atoms with Crippen LogP contribution >= 0.6 is 11.6 Å². The molecule has 21 heavy (non-hydrogen) atoms. The van der Waals surface area contributed by atoms with Crippen LogP contribution in [0.4, 0.5) is 0 Å². The third-order valence-electron chi connectivity index (χ3n) is 3.58. The monoisotopic (exact) mass is 299 g/mol. The highest BCUT2D eigenvalue weighted by Crippen LogP contribution is 2.34. The van der Waals surface area contributed by atoms with Gasteiger partial charge >= 0.3 is 0 Å². The van der Waals surface area contributed by atoms with Gasteiger partial charge < -0.3 is 9.47 Å². The zero-order valence-electron chi connectivity index (χ0n) is 11.4. The molecular formula is C17H14ClNO2. The fraction of sp³-hybridized carbons (Fsp3) is 0.235. The molecule has 3 rings (SSSR count). The summed E-state index contributed by atoms with van der Waals surface area (Å²) in [6.07, 6.45) is 0.922. The number of benzene rings is 2. The van der Waals surface area contributed by atoms with E-state index in [9.17, 15) is 0 Å². The maximum atomic E-state index is 8.83. The van der Waals surface area contributed by atoms with Crippen molar-refractivity contribution < 1.29 is 9.47 Å². The minimum atomic E-state index is 0.293. The van der Waals surface area contributed by atoms with E-state index in [4.69, 9.17) is 26.3 Å². The molecule has 106 valence electrons. The average Bonchev–Trinajstić information content (AvgIpc) is 2.53. The first-order valence-corrected chi connectivity index (χ1v) is 7.20. The van der Waals surface area contributed by atoms with Crippen LogP contribution < -0.4 is 9.47 Å². The van der Waals surface area contributed by atoms with E-state index < -0.39 is 0 Å². The van der Waals surface area contributed by atoms with Gasteiger partial charge in [0.25, 0.3) is 0 Å². The molecule has 2 aromatic rings. The van der Waals surface area contributed by atoms with Gasteiger partial charge in [0.15, 0.2) is 0 Å². The summed E-state index contributed by atoms with van der Waals surface area (Å²) in [5.41, 5.74) is 1.71. The fourth-order valence-electron chi connectivity index (χ4n) is 2.47. The van der Waals surface area contributed by atoms with E-state index in [0.717, 1.165) is 12.2 Å². The van der Waals surface area contributed by atoms with E-state index in [-0.39, 0.29) is 0 Å². The number of hydrogen-bond acceptors (Lipinski definition) is 3. The first-order chi connectivity index (χ1) is 10.3. The predicted molar refractivity (Wildman–Crippen MR) is 81.0 cm³/mol. The molecule has 0 N–H and O–H groups in total. The van der Waals surface area contributed by atoms with Crippen molar-refractivity contribution in [1.82, 2.24) is 0 Å². The van der Waals surface area contributed by atoms with Gasteiger partial charge in [-0.25, -0.2) is 0 Å². The molecule has 4 heteroatoms. The van der Waals surface area contributed by atoms with E-state index in [2.05, 4.69) is 12.1 Å². The lowest BCUT2D eigenvalue weighted by molar-refractivity contribution is 0.217. The largest absolute Gasteiger partial charge is 0.493 e. The van der Waals surface area contributed by atoms with Crippen LogP contribution in [0, 0.1) is 11.3 Å². The molecule has 1 atom stereocenters. The van der Waals surface area contributed by atoms with Gasteiger partial charge in [0, 0.05) is 11.5 Å². The molecular weight excluding hydrogens is 286 g/mol. The number of rotatable bonds is 3. The summed E-state index contributed by atoms with van der Waals surface area (Å²) in [4.78, 5) is 0. The molecule has 1 unspecified atom stereocenters. The van der Waals surface area contributed by atoms with Crippen molar-refractivity contribution >= 4 is 11.6 Å². The van der Waals surface area contributed by atoms with Crippen LogP contribution in [0.1, 0.15) is 23.5 Å². The van der Waals surface area contributed by atoms with Crippen LogP contribution in [0.3, 0.4) is 0 Å². The molecule has 0 aromatic heterocycles. The standard InChI is InChI=1S/C17H14ClNO2/c18-15-9-12(10-19)5-6-17(15)21-11-13-7-8-20-16-4-2-1-3-14(13)16/h1-6,9,13H,7-8,11H2. The first kappa shape index (κ1) is 13.8. The Labute approximate surface area is 128 Å². The lowest BCUT2D eigenvalue weighted by Crippen LogP contribution is -2.19. The Balaban J connectivity index is 1.73. The Kier molecular flexibility index (Phi) is 3.98. The number of fused-ring (bicyclic) bond motifs is 1. The maximum Gasteiger partial charge on any atom is 0.137 e. The maximum absolute atomic E-state index is 8.83. The number of nitrogens with zero attached hydrogens (tertiary/aromatic N) is 1. The molecule has 0 bridgehead atoms. The van der Waals surface area contributed by atoms with Crippen LogP contribution in [0.25, 0.3) is 0 Å². The van der Waals surface area contributed by atoms with E-state index in [1.165, 1.54) is 5.56 Å². The van der Waals surface area contributed by atoms with Gasteiger partial charge in [-0.15, -0.1) is 0 Å². The smallest absolute Gasteiger partial charge is 0.137 e. The quantitative estimate of drug-likeness (QED) is 0.854. The Morgan fingerprint density at radius 1 is 1.29 bits per heavy atom. The van der Waals surface area contributed by atoms with Crippen molar-refractivity contribution in [2.24, 2.45) is 0 Å². The van der Waals surface area contributed by atoms with Crippen LogP contribution in [0.15, 0.2) is 42.5 Å². The van der Waals surface area contributed by atoms with E-state index in [1.54, 1.807) is 18.2 Å². The van der Waals surface area contributed by atoms with Crippen molar-refractivity contribution in [3.05, 3.63) is 58.6 Å². The zero-order valence-corrected chi connectivity index (χ0v) is 12.1. The van der Waals surface area contributed by atoms with Gasteiger partial charge in [-0.1, -0.05) is 29.8 Å². The third kappa shape index (κ3) is 2.96. The molecule has 2 aromatic carbocycles. The number of ether oxygens (including phenoxy) is 2. The topological polar surface area (TPSA) is 42.2 Å². The Hall–Kier alpha value is -2.18. The summed E-state index contributed by atoms with van der Waals surface area (Å²) in [6, 6.07) is 15.2. The van der Waals surface area contributed by atoms with Gasteiger partial charge in [-0.3, -0.25) is 0 Å². The SMILES string of the molecule is N#Cc1ccc(OCC2CCOc3ccccc32)c(Cl)c1. The van der Waals surface area contributed by atoms with Crippen LogP contribution in [0.2, 0.25) is 5.02 Å². The highest BCUT2D eigenvalue weighted by molar-refractivity contribution is 6.32. The van der Waals surface area contributed by atoms with Crippen LogP contribution in [0.5, 0.6) is 11.5 Å².